The third-order valence-electron chi connectivity index (χ3n) is 5.38. The molecule has 2 aromatic carbocycles. The Kier molecular flexibility index (Phi) is 3.74. The Morgan fingerprint density at radius 1 is 0.500 bits per heavy atom. The van der Waals surface area contributed by atoms with Gasteiger partial charge in [0.1, 0.15) is 0 Å². The molecule has 0 fully saturated rings. The van der Waals surface area contributed by atoms with Crippen molar-refractivity contribution >= 4 is 32.8 Å². The highest BCUT2D eigenvalue weighted by Crippen LogP contribution is 2.36. The molecule has 0 aliphatic rings. The minimum Gasteiger partial charge on any atom is -0.237 e. The quantitative estimate of drug-likeness (QED) is 0.364. The SMILES string of the molecule is c1cnc2nc(-c3nc4ncccc4cc3-c3cccc4ccccc34)ccc2c1. The highest BCUT2D eigenvalue weighted by atomic mass is 14.9. The molecular weight excluding hydrogens is 368 g/mol. The van der Waals surface area contributed by atoms with Gasteiger partial charge in [-0.15, -0.1) is 0 Å². The van der Waals surface area contributed by atoms with Gasteiger partial charge in [-0.25, -0.2) is 19.9 Å². The van der Waals surface area contributed by atoms with Crippen molar-refractivity contribution in [3.05, 3.63) is 97.3 Å². The number of benzene rings is 2. The highest BCUT2D eigenvalue weighted by Gasteiger charge is 2.15. The Labute approximate surface area is 172 Å². The van der Waals surface area contributed by atoms with Crippen molar-refractivity contribution < 1.29 is 0 Å². The zero-order valence-corrected chi connectivity index (χ0v) is 16.0. The van der Waals surface area contributed by atoms with E-state index in [1.807, 2.05) is 36.4 Å². The van der Waals surface area contributed by atoms with Crippen LogP contribution in [0.5, 0.6) is 0 Å². The first-order valence-corrected chi connectivity index (χ1v) is 9.83. The third kappa shape index (κ3) is 2.70. The fourth-order valence-corrected chi connectivity index (χ4v) is 3.95. The fraction of sp³-hybridized carbons (Fsp3) is 0. The summed E-state index contributed by atoms with van der Waals surface area (Å²) in [5.41, 5.74) is 5.18. The largest absolute Gasteiger partial charge is 0.237 e. The number of aromatic nitrogens is 4. The van der Waals surface area contributed by atoms with E-state index in [-0.39, 0.29) is 0 Å². The minimum absolute atomic E-state index is 0.708. The van der Waals surface area contributed by atoms with Crippen LogP contribution in [0.3, 0.4) is 0 Å². The lowest BCUT2D eigenvalue weighted by atomic mass is 9.95. The predicted molar refractivity (Wildman–Crippen MR) is 121 cm³/mol. The molecule has 0 bridgehead atoms. The van der Waals surface area contributed by atoms with Crippen molar-refractivity contribution in [2.75, 3.05) is 0 Å². The van der Waals surface area contributed by atoms with Crippen molar-refractivity contribution in [2.24, 2.45) is 0 Å². The van der Waals surface area contributed by atoms with Gasteiger partial charge in [-0.2, -0.15) is 0 Å². The van der Waals surface area contributed by atoms with Gasteiger partial charge < -0.3 is 0 Å². The zero-order chi connectivity index (χ0) is 19.9. The summed E-state index contributed by atoms with van der Waals surface area (Å²) in [6, 6.07) is 28.9. The normalized spacial score (nSPS) is 11.3. The van der Waals surface area contributed by atoms with Crippen LogP contribution in [0.1, 0.15) is 0 Å². The fourth-order valence-electron chi connectivity index (χ4n) is 3.95. The summed E-state index contributed by atoms with van der Waals surface area (Å²) < 4.78 is 0. The van der Waals surface area contributed by atoms with E-state index in [9.17, 15) is 0 Å². The molecule has 0 amide bonds. The summed E-state index contributed by atoms with van der Waals surface area (Å²) in [6.45, 7) is 0. The maximum Gasteiger partial charge on any atom is 0.159 e. The van der Waals surface area contributed by atoms with E-state index < -0.39 is 0 Å². The van der Waals surface area contributed by atoms with Crippen LogP contribution in [0.15, 0.2) is 97.3 Å². The molecule has 4 heteroatoms. The van der Waals surface area contributed by atoms with Crippen LogP contribution < -0.4 is 0 Å². The summed E-state index contributed by atoms with van der Waals surface area (Å²) in [7, 11) is 0. The molecule has 4 aromatic heterocycles. The number of hydrogen-bond acceptors (Lipinski definition) is 4. The van der Waals surface area contributed by atoms with E-state index >= 15 is 0 Å². The van der Waals surface area contributed by atoms with E-state index in [2.05, 4.69) is 58.5 Å². The Hall–Kier alpha value is -4.18. The van der Waals surface area contributed by atoms with Gasteiger partial charge in [0.25, 0.3) is 0 Å². The minimum atomic E-state index is 0.708. The van der Waals surface area contributed by atoms with Gasteiger partial charge in [0, 0.05) is 28.7 Å². The van der Waals surface area contributed by atoms with Gasteiger partial charge in [-0.1, -0.05) is 42.5 Å². The Bertz CT molecular complexity index is 1550. The first-order valence-electron chi connectivity index (χ1n) is 9.83. The molecule has 0 unspecified atom stereocenters. The van der Waals surface area contributed by atoms with Crippen molar-refractivity contribution in [1.82, 2.24) is 19.9 Å². The molecule has 0 saturated carbocycles. The average Bonchev–Trinajstić information content (AvgIpc) is 2.82. The van der Waals surface area contributed by atoms with Crippen molar-refractivity contribution in [1.29, 1.82) is 0 Å². The van der Waals surface area contributed by atoms with E-state index in [1.54, 1.807) is 12.4 Å². The summed E-state index contributed by atoms with van der Waals surface area (Å²) >= 11 is 0. The molecule has 0 saturated heterocycles. The summed E-state index contributed by atoms with van der Waals surface area (Å²) in [4.78, 5) is 18.7. The van der Waals surface area contributed by atoms with Crippen LogP contribution in [-0.4, -0.2) is 19.9 Å². The van der Waals surface area contributed by atoms with Crippen molar-refractivity contribution in [3.8, 4) is 22.5 Å². The van der Waals surface area contributed by atoms with Crippen LogP contribution in [0, 0.1) is 0 Å². The van der Waals surface area contributed by atoms with E-state index in [4.69, 9.17) is 9.97 Å². The van der Waals surface area contributed by atoms with E-state index in [0.717, 1.165) is 33.3 Å². The molecule has 30 heavy (non-hydrogen) atoms. The number of pyridine rings is 4. The monoisotopic (exact) mass is 384 g/mol. The van der Waals surface area contributed by atoms with Gasteiger partial charge in [-0.05, 0) is 58.8 Å². The van der Waals surface area contributed by atoms with Gasteiger partial charge >= 0.3 is 0 Å². The molecule has 6 rings (SSSR count). The maximum atomic E-state index is 4.93. The van der Waals surface area contributed by atoms with Crippen LogP contribution in [0.2, 0.25) is 0 Å². The van der Waals surface area contributed by atoms with Crippen LogP contribution in [-0.2, 0) is 0 Å². The summed E-state index contributed by atoms with van der Waals surface area (Å²) in [5.74, 6) is 0. The van der Waals surface area contributed by atoms with E-state index in [1.165, 1.54) is 10.8 Å². The van der Waals surface area contributed by atoms with Crippen molar-refractivity contribution in [3.63, 3.8) is 0 Å². The second kappa shape index (κ2) is 6.71. The number of hydrogen-bond donors (Lipinski definition) is 0. The lowest BCUT2D eigenvalue weighted by molar-refractivity contribution is 1.24. The Morgan fingerprint density at radius 2 is 1.23 bits per heavy atom. The smallest absolute Gasteiger partial charge is 0.159 e. The highest BCUT2D eigenvalue weighted by molar-refractivity contribution is 6.02. The van der Waals surface area contributed by atoms with Gasteiger partial charge in [0.2, 0.25) is 0 Å². The number of rotatable bonds is 2. The molecule has 6 aromatic rings. The molecule has 0 atom stereocenters. The molecule has 4 heterocycles. The van der Waals surface area contributed by atoms with Crippen molar-refractivity contribution in [2.45, 2.75) is 0 Å². The number of nitrogens with zero attached hydrogens (tertiary/aromatic N) is 4. The molecule has 140 valence electrons. The summed E-state index contributed by atoms with van der Waals surface area (Å²) in [5, 5.41) is 4.39. The van der Waals surface area contributed by atoms with Gasteiger partial charge in [0.15, 0.2) is 11.3 Å². The predicted octanol–water partition coefficient (Wildman–Crippen LogP) is 6.06. The second-order valence-electron chi connectivity index (χ2n) is 7.21. The van der Waals surface area contributed by atoms with Crippen LogP contribution >= 0.6 is 0 Å². The van der Waals surface area contributed by atoms with E-state index in [0.29, 0.717) is 11.3 Å². The first kappa shape index (κ1) is 16.7. The lowest BCUT2D eigenvalue weighted by Gasteiger charge is -2.13. The first-order chi connectivity index (χ1) is 14.9. The van der Waals surface area contributed by atoms with Crippen LogP contribution in [0.25, 0.3) is 55.4 Å². The topological polar surface area (TPSA) is 51.6 Å². The average molecular weight is 384 g/mol. The number of fused-ring (bicyclic) bond motifs is 3. The molecule has 0 aliphatic heterocycles. The maximum absolute atomic E-state index is 4.93. The molecule has 0 aliphatic carbocycles. The second-order valence-corrected chi connectivity index (χ2v) is 7.21. The molecule has 0 spiro atoms. The Morgan fingerprint density at radius 3 is 2.13 bits per heavy atom. The summed E-state index contributed by atoms with van der Waals surface area (Å²) in [6.07, 6.45) is 3.53. The van der Waals surface area contributed by atoms with Gasteiger partial charge in [0.05, 0.1) is 11.4 Å². The van der Waals surface area contributed by atoms with Crippen LogP contribution in [0.4, 0.5) is 0 Å². The standard InChI is InChI=1S/C26H16N4/c1-2-10-20-17(6-1)7-3-11-21(20)22-16-19-9-5-15-28-26(19)30-24(22)23-13-12-18-8-4-14-27-25(18)29-23/h1-16H. The molecule has 0 N–H and O–H groups in total. The zero-order valence-electron chi connectivity index (χ0n) is 16.0. The molecule has 4 nitrogen and oxygen atoms in total. The Balaban J connectivity index is 1.70. The molecular formula is C26H16N4. The molecule has 0 radical (unpaired) electrons. The van der Waals surface area contributed by atoms with Gasteiger partial charge in [-0.3, -0.25) is 0 Å². The third-order valence-corrected chi connectivity index (χ3v) is 5.38. The lowest BCUT2D eigenvalue weighted by Crippen LogP contribution is -1.96.